The van der Waals surface area contributed by atoms with Crippen LogP contribution in [-0.4, -0.2) is 31.3 Å². The van der Waals surface area contributed by atoms with E-state index in [2.05, 4.69) is 18.0 Å². The molecule has 0 radical (unpaired) electrons. The summed E-state index contributed by atoms with van der Waals surface area (Å²) in [5.74, 6) is 2.59. The van der Waals surface area contributed by atoms with Gasteiger partial charge in [0.15, 0.2) is 0 Å². The standard InChI is InChI=1S/C10H14O2Se/c1-6-8-4-5-10(12-8,13-3)7(2)9(6)11/h4-8H,1-3H3/t6-,7-,8+,10-/m1/s1. The predicted molar refractivity (Wildman–Crippen MR) is 51.7 cm³/mol. The number of ketones is 1. The van der Waals surface area contributed by atoms with E-state index in [9.17, 15) is 4.79 Å². The molecule has 72 valence electrons. The molecule has 1 fully saturated rings. The molecule has 1 saturated heterocycles. The SMILES string of the molecule is C[Se][C@@]12C=C[C@H](O1)[C@@H](C)C(=O)[C@H]2C. The van der Waals surface area contributed by atoms with Crippen LogP contribution >= 0.6 is 0 Å². The molecule has 13 heavy (non-hydrogen) atoms. The minimum absolute atomic E-state index is 0.0440. The van der Waals surface area contributed by atoms with E-state index < -0.39 is 0 Å². The first-order chi connectivity index (χ1) is 6.10. The van der Waals surface area contributed by atoms with E-state index in [0.717, 1.165) is 0 Å². The summed E-state index contributed by atoms with van der Waals surface area (Å²) < 4.78 is 5.70. The Bertz CT molecular complexity index is 274. The fraction of sp³-hybridized carbons (Fsp3) is 0.700. The molecule has 0 aliphatic carbocycles. The Kier molecular flexibility index (Phi) is 2.14. The van der Waals surface area contributed by atoms with Crippen LogP contribution in [0.15, 0.2) is 12.2 Å². The topological polar surface area (TPSA) is 26.3 Å². The van der Waals surface area contributed by atoms with Crippen LogP contribution in [0, 0.1) is 11.8 Å². The Labute approximate surface area is 84.9 Å². The summed E-state index contributed by atoms with van der Waals surface area (Å²) in [7, 11) is 0. The first-order valence-corrected chi connectivity index (χ1v) is 7.14. The van der Waals surface area contributed by atoms with Gasteiger partial charge in [0.1, 0.15) is 0 Å². The van der Waals surface area contributed by atoms with Crippen molar-refractivity contribution < 1.29 is 9.53 Å². The Morgan fingerprint density at radius 3 is 2.85 bits per heavy atom. The van der Waals surface area contributed by atoms with Gasteiger partial charge in [-0.05, 0) is 0 Å². The summed E-state index contributed by atoms with van der Waals surface area (Å²) in [5, 5.41) is 0. The molecule has 0 amide bonds. The van der Waals surface area contributed by atoms with Gasteiger partial charge in [0.25, 0.3) is 0 Å². The number of hydrogen-bond donors (Lipinski definition) is 0. The van der Waals surface area contributed by atoms with Crippen molar-refractivity contribution in [3.8, 4) is 0 Å². The van der Waals surface area contributed by atoms with Crippen LogP contribution in [0.25, 0.3) is 0 Å². The van der Waals surface area contributed by atoms with E-state index in [1.807, 2.05) is 13.8 Å². The number of rotatable bonds is 1. The second-order valence-corrected chi connectivity index (χ2v) is 5.98. The van der Waals surface area contributed by atoms with Crippen molar-refractivity contribution in [2.45, 2.75) is 30.3 Å². The molecule has 2 nitrogen and oxygen atoms in total. The molecular weight excluding hydrogens is 231 g/mol. The molecule has 2 aliphatic heterocycles. The average molecular weight is 245 g/mol. The van der Waals surface area contributed by atoms with Gasteiger partial charge in [0.05, 0.1) is 0 Å². The molecule has 2 rings (SSSR count). The third-order valence-electron chi connectivity index (χ3n) is 3.13. The molecule has 2 bridgehead atoms. The summed E-state index contributed by atoms with van der Waals surface area (Å²) in [6.07, 6.45) is 4.23. The Balaban J connectivity index is 2.36. The van der Waals surface area contributed by atoms with E-state index in [1.165, 1.54) is 0 Å². The predicted octanol–water partition coefficient (Wildman–Crippen LogP) is 1.24. The normalized spacial score (nSPS) is 48.5. The second kappa shape index (κ2) is 2.94. The molecule has 0 unspecified atom stereocenters. The molecule has 2 heterocycles. The quantitative estimate of drug-likeness (QED) is 0.513. The van der Waals surface area contributed by atoms with Crippen molar-refractivity contribution in [2.75, 3.05) is 0 Å². The van der Waals surface area contributed by atoms with Crippen molar-refractivity contribution >= 4 is 20.7 Å². The summed E-state index contributed by atoms with van der Waals surface area (Å²) in [6.45, 7) is 3.96. The number of carbonyl (C=O) groups excluding carboxylic acids is 1. The van der Waals surface area contributed by atoms with Crippen LogP contribution < -0.4 is 0 Å². The van der Waals surface area contributed by atoms with E-state index >= 15 is 0 Å². The molecule has 2 aliphatic rings. The van der Waals surface area contributed by atoms with E-state index in [-0.39, 0.29) is 22.4 Å². The Morgan fingerprint density at radius 2 is 2.23 bits per heavy atom. The van der Waals surface area contributed by atoms with E-state index in [4.69, 9.17) is 4.74 Å². The first kappa shape index (κ1) is 9.44. The zero-order valence-corrected chi connectivity index (χ0v) is 9.82. The van der Waals surface area contributed by atoms with Crippen molar-refractivity contribution in [3.63, 3.8) is 0 Å². The summed E-state index contributed by atoms with van der Waals surface area (Å²) >= 11 is 0.341. The van der Waals surface area contributed by atoms with Crippen LogP contribution in [0.2, 0.25) is 5.82 Å². The number of fused-ring (bicyclic) bond motifs is 2. The first-order valence-electron chi connectivity index (χ1n) is 4.57. The van der Waals surface area contributed by atoms with Gasteiger partial charge < -0.3 is 0 Å². The van der Waals surface area contributed by atoms with Crippen LogP contribution in [0.5, 0.6) is 0 Å². The average Bonchev–Trinajstić information content (AvgIpc) is 2.55. The van der Waals surface area contributed by atoms with E-state index in [1.54, 1.807) is 0 Å². The minimum atomic E-state index is -0.221. The van der Waals surface area contributed by atoms with Gasteiger partial charge in [-0.2, -0.15) is 0 Å². The number of hydrogen-bond acceptors (Lipinski definition) is 2. The van der Waals surface area contributed by atoms with Crippen LogP contribution in [0.1, 0.15) is 13.8 Å². The van der Waals surface area contributed by atoms with Gasteiger partial charge in [0.2, 0.25) is 0 Å². The maximum absolute atomic E-state index is 11.8. The van der Waals surface area contributed by atoms with Crippen molar-refractivity contribution in [3.05, 3.63) is 12.2 Å². The van der Waals surface area contributed by atoms with Gasteiger partial charge in [-0.3, -0.25) is 0 Å². The van der Waals surface area contributed by atoms with Crippen molar-refractivity contribution in [1.29, 1.82) is 0 Å². The zero-order valence-electron chi connectivity index (χ0n) is 8.11. The van der Waals surface area contributed by atoms with Gasteiger partial charge in [-0.25, -0.2) is 0 Å². The molecular formula is C10H14O2Se. The number of carbonyl (C=O) groups is 1. The fourth-order valence-corrected chi connectivity index (χ4v) is 3.95. The summed E-state index contributed by atoms with van der Waals surface area (Å²) in [5.41, 5.74) is 0. The van der Waals surface area contributed by atoms with Crippen molar-refractivity contribution in [1.82, 2.24) is 0 Å². The monoisotopic (exact) mass is 246 g/mol. The van der Waals surface area contributed by atoms with Gasteiger partial charge in [0, 0.05) is 0 Å². The summed E-state index contributed by atoms with van der Waals surface area (Å²) in [6, 6.07) is 0. The molecule has 0 N–H and O–H groups in total. The fourth-order valence-electron chi connectivity index (χ4n) is 2.08. The van der Waals surface area contributed by atoms with Crippen LogP contribution in [0.3, 0.4) is 0 Å². The molecule has 3 heteroatoms. The Hall–Kier alpha value is -0.111. The third kappa shape index (κ3) is 1.14. The van der Waals surface area contributed by atoms with E-state index in [0.29, 0.717) is 20.7 Å². The molecule has 0 aromatic rings. The molecule has 0 spiro atoms. The molecule has 0 saturated carbocycles. The number of Topliss-reactive ketones (excluding diaryl/α,β-unsaturated/α-hetero) is 1. The molecule has 0 aromatic carbocycles. The van der Waals surface area contributed by atoms with Gasteiger partial charge in [-0.15, -0.1) is 0 Å². The van der Waals surface area contributed by atoms with Crippen molar-refractivity contribution in [2.24, 2.45) is 11.8 Å². The van der Waals surface area contributed by atoms with Crippen LogP contribution in [-0.2, 0) is 9.53 Å². The second-order valence-electron chi connectivity index (χ2n) is 3.78. The third-order valence-corrected chi connectivity index (χ3v) is 5.70. The van der Waals surface area contributed by atoms with Gasteiger partial charge in [-0.1, -0.05) is 0 Å². The zero-order chi connectivity index (χ0) is 9.64. The summed E-state index contributed by atoms with van der Waals surface area (Å²) in [4.78, 5) is 11.8. The van der Waals surface area contributed by atoms with Gasteiger partial charge >= 0.3 is 84.5 Å². The Morgan fingerprint density at radius 1 is 1.54 bits per heavy atom. The number of ether oxygens (including phenoxy) is 1. The molecule has 4 atom stereocenters. The maximum atomic E-state index is 11.8. The van der Waals surface area contributed by atoms with Crippen LogP contribution in [0.4, 0.5) is 0 Å². The molecule has 0 aromatic heterocycles.